The van der Waals surface area contributed by atoms with Gasteiger partial charge < -0.3 is 14.6 Å². The number of hydrogen-bond donors (Lipinski definition) is 1. The van der Waals surface area contributed by atoms with E-state index >= 15 is 0 Å². The summed E-state index contributed by atoms with van der Waals surface area (Å²) in [5, 5.41) is 10.7. The first-order valence-corrected chi connectivity index (χ1v) is 6.37. The standard InChI is InChI=1S/C13H15ClO3/c14-8-3-4-11-9(6-8)10(15)7-13(17-11)12-2-1-5-16-12/h3-4,6,10,12-13,15H,1-2,5,7H2/t10-,12?,13?/m0/s1. The Labute approximate surface area is 105 Å². The topological polar surface area (TPSA) is 38.7 Å². The van der Waals surface area contributed by atoms with E-state index in [4.69, 9.17) is 21.1 Å². The average molecular weight is 255 g/mol. The number of halogens is 1. The van der Waals surface area contributed by atoms with Crippen molar-refractivity contribution < 1.29 is 14.6 Å². The van der Waals surface area contributed by atoms with Crippen molar-refractivity contribution in [2.45, 2.75) is 37.6 Å². The summed E-state index contributed by atoms with van der Waals surface area (Å²) < 4.78 is 11.5. The molecule has 0 spiro atoms. The predicted octanol–water partition coefficient (Wildman–Crippen LogP) is 2.70. The van der Waals surface area contributed by atoms with Gasteiger partial charge in [-0.05, 0) is 31.0 Å². The Morgan fingerprint density at radius 1 is 1.29 bits per heavy atom. The number of benzene rings is 1. The fraction of sp³-hybridized carbons (Fsp3) is 0.538. The van der Waals surface area contributed by atoms with Crippen LogP contribution in [-0.4, -0.2) is 23.9 Å². The fourth-order valence-electron chi connectivity index (χ4n) is 2.57. The summed E-state index contributed by atoms with van der Waals surface area (Å²) in [5.41, 5.74) is 0.784. The minimum Gasteiger partial charge on any atom is -0.487 e. The van der Waals surface area contributed by atoms with Gasteiger partial charge >= 0.3 is 0 Å². The van der Waals surface area contributed by atoms with E-state index < -0.39 is 6.10 Å². The molecule has 3 nitrogen and oxygen atoms in total. The van der Waals surface area contributed by atoms with Gasteiger partial charge in [-0.25, -0.2) is 0 Å². The van der Waals surface area contributed by atoms with Gasteiger partial charge in [0.25, 0.3) is 0 Å². The molecule has 92 valence electrons. The molecular formula is C13H15ClO3. The zero-order valence-electron chi connectivity index (χ0n) is 9.43. The second-order valence-corrected chi connectivity index (χ2v) is 5.08. The van der Waals surface area contributed by atoms with Gasteiger partial charge in [0.15, 0.2) is 0 Å². The van der Waals surface area contributed by atoms with Crippen LogP contribution in [0.5, 0.6) is 5.75 Å². The minimum atomic E-state index is -0.508. The van der Waals surface area contributed by atoms with E-state index in [9.17, 15) is 5.11 Å². The number of fused-ring (bicyclic) bond motifs is 1. The molecule has 3 rings (SSSR count). The Kier molecular flexibility index (Phi) is 2.99. The monoisotopic (exact) mass is 254 g/mol. The molecule has 3 atom stereocenters. The SMILES string of the molecule is O[C@H]1CC(C2CCCO2)Oc2ccc(Cl)cc21. The maximum absolute atomic E-state index is 10.1. The van der Waals surface area contributed by atoms with Crippen LogP contribution in [0.4, 0.5) is 0 Å². The zero-order valence-corrected chi connectivity index (χ0v) is 10.2. The van der Waals surface area contributed by atoms with Gasteiger partial charge in [-0.15, -0.1) is 0 Å². The van der Waals surface area contributed by atoms with E-state index in [1.807, 2.05) is 6.07 Å². The maximum atomic E-state index is 10.1. The molecule has 1 aromatic rings. The Balaban J connectivity index is 1.84. The summed E-state index contributed by atoms with van der Waals surface area (Å²) in [6, 6.07) is 5.38. The molecule has 1 aromatic carbocycles. The van der Waals surface area contributed by atoms with E-state index in [2.05, 4.69) is 0 Å². The van der Waals surface area contributed by atoms with Crippen LogP contribution < -0.4 is 4.74 Å². The molecule has 0 bridgehead atoms. The Bertz CT molecular complexity index is 415. The summed E-state index contributed by atoms with van der Waals surface area (Å²) in [6.45, 7) is 0.800. The summed E-state index contributed by atoms with van der Waals surface area (Å²) in [5.74, 6) is 0.730. The molecule has 0 radical (unpaired) electrons. The first-order valence-electron chi connectivity index (χ1n) is 6.00. The van der Waals surface area contributed by atoms with Crippen molar-refractivity contribution in [3.8, 4) is 5.75 Å². The van der Waals surface area contributed by atoms with Crippen molar-refractivity contribution in [3.63, 3.8) is 0 Å². The third-order valence-corrected chi connectivity index (χ3v) is 3.68. The molecule has 2 heterocycles. The van der Waals surface area contributed by atoms with Gasteiger partial charge in [0.05, 0.1) is 12.2 Å². The van der Waals surface area contributed by atoms with Crippen LogP contribution in [0.15, 0.2) is 18.2 Å². The molecule has 2 aliphatic heterocycles. The molecule has 0 aliphatic carbocycles. The molecule has 4 heteroatoms. The van der Waals surface area contributed by atoms with Gasteiger partial charge in [0.1, 0.15) is 11.9 Å². The molecule has 0 saturated carbocycles. The molecule has 0 aromatic heterocycles. The van der Waals surface area contributed by atoms with Crippen molar-refractivity contribution in [2.75, 3.05) is 6.61 Å². The molecule has 1 N–H and O–H groups in total. The molecule has 1 saturated heterocycles. The van der Waals surface area contributed by atoms with Crippen LogP contribution in [0.1, 0.15) is 30.9 Å². The van der Waals surface area contributed by atoms with Gasteiger partial charge in [0.2, 0.25) is 0 Å². The lowest BCUT2D eigenvalue weighted by atomic mass is 9.95. The van der Waals surface area contributed by atoms with Crippen LogP contribution in [-0.2, 0) is 4.74 Å². The highest BCUT2D eigenvalue weighted by atomic mass is 35.5. The van der Waals surface area contributed by atoms with E-state index in [0.29, 0.717) is 11.4 Å². The predicted molar refractivity (Wildman–Crippen MR) is 64.4 cm³/mol. The van der Waals surface area contributed by atoms with Crippen molar-refractivity contribution in [1.82, 2.24) is 0 Å². The van der Waals surface area contributed by atoms with Gasteiger partial charge in [-0.2, -0.15) is 0 Å². The lowest BCUT2D eigenvalue weighted by Gasteiger charge is -2.32. The second kappa shape index (κ2) is 4.48. The van der Waals surface area contributed by atoms with Gasteiger partial charge in [-0.1, -0.05) is 11.6 Å². The Morgan fingerprint density at radius 2 is 2.18 bits per heavy atom. The largest absolute Gasteiger partial charge is 0.487 e. The van der Waals surface area contributed by atoms with Gasteiger partial charge in [0, 0.05) is 23.6 Å². The molecule has 1 fully saturated rings. The fourth-order valence-corrected chi connectivity index (χ4v) is 2.75. The number of ether oxygens (including phenoxy) is 2. The molecule has 0 amide bonds. The van der Waals surface area contributed by atoms with Crippen LogP contribution in [0, 0.1) is 0 Å². The van der Waals surface area contributed by atoms with E-state index in [0.717, 1.165) is 30.8 Å². The maximum Gasteiger partial charge on any atom is 0.128 e. The van der Waals surface area contributed by atoms with Crippen LogP contribution in [0.3, 0.4) is 0 Å². The lowest BCUT2D eigenvalue weighted by molar-refractivity contribution is -0.0271. The molecule has 2 unspecified atom stereocenters. The minimum absolute atomic E-state index is 0.0406. The van der Waals surface area contributed by atoms with Crippen molar-refractivity contribution >= 4 is 11.6 Å². The first kappa shape index (κ1) is 11.3. The first-order chi connectivity index (χ1) is 8.24. The number of rotatable bonds is 1. The number of aliphatic hydroxyl groups is 1. The van der Waals surface area contributed by atoms with Gasteiger partial charge in [-0.3, -0.25) is 0 Å². The van der Waals surface area contributed by atoms with E-state index in [-0.39, 0.29) is 12.2 Å². The Morgan fingerprint density at radius 3 is 2.94 bits per heavy atom. The number of aliphatic hydroxyl groups excluding tert-OH is 1. The summed E-state index contributed by atoms with van der Waals surface area (Å²) >= 11 is 5.91. The lowest BCUT2D eigenvalue weighted by Crippen LogP contribution is -2.36. The van der Waals surface area contributed by atoms with Crippen molar-refractivity contribution in [3.05, 3.63) is 28.8 Å². The second-order valence-electron chi connectivity index (χ2n) is 4.64. The zero-order chi connectivity index (χ0) is 11.8. The highest BCUT2D eigenvalue weighted by Gasteiger charge is 2.34. The van der Waals surface area contributed by atoms with E-state index in [1.54, 1.807) is 12.1 Å². The molecular weight excluding hydrogens is 240 g/mol. The number of hydrogen-bond acceptors (Lipinski definition) is 3. The summed E-state index contributed by atoms with van der Waals surface area (Å²) in [6.07, 6.45) is 2.24. The average Bonchev–Trinajstić information content (AvgIpc) is 2.83. The van der Waals surface area contributed by atoms with Crippen molar-refractivity contribution in [1.29, 1.82) is 0 Å². The quantitative estimate of drug-likeness (QED) is 0.838. The third kappa shape index (κ3) is 2.15. The van der Waals surface area contributed by atoms with Crippen LogP contribution in [0.2, 0.25) is 5.02 Å². The molecule has 17 heavy (non-hydrogen) atoms. The van der Waals surface area contributed by atoms with Crippen LogP contribution in [0.25, 0.3) is 0 Å². The normalized spacial score (nSPS) is 32.0. The highest BCUT2D eigenvalue weighted by molar-refractivity contribution is 6.30. The molecule has 2 aliphatic rings. The summed E-state index contributed by atoms with van der Waals surface area (Å²) in [4.78, 5) is 0. The third-order valence-electron chi connectivity index (χ3n) is 3.44. The van der Waals surface area contributed by atoms with E-state index in [1.165, 1.54) is 0 Å². The van der Waals surface area contributed by atoms with Crippen LogP contribution >= 0.6 is 11.6 Å². The summed E-state index contributed by atoms with van der Waals surface area (Å²) in [7, 11) is 0. The Hall–Kier alpha value is -0.770. The van der Waals surface area contributed by atoms with Crippen molar-refractivity contribution in [2.24, 2.45) is 0 Å². The highest BCUT2D eigenvalue weighted by Crippen LogP contribution is 2.38. The smallest absolute Gasteiger partial charge is 0.128 e.